The predicted octanol–water partition coefficient (Wildman–Crippen LogP) is 3.53. The highest BCUT2D eigenvalue weighted by Crippen LogP contribution is 2.47. The molecule has 1 saturated carbocycles. The molecule has 4 heteroatoms. The molecule has 0 saturated heterocycles. The second-order valence-electron chi connectivity index (χ2n) is 5.80. The third-order valence-corrected chi connectivity index (χ3v) is 5.92. The monoisotopic (exact) mass is 305 g/mol. The summed E-state index contributed by atoms with van der Waals surface area (Å²) < 4.78 is 27.2. The molecule has 3 nitrogen and oxygen atoms in total. The normalized spacial score (nSPS) is 16.7. The van der Waals surface area contributed by atoms with Crippen molar-refractivity contribution in [2.24, 2.45) is 5.41 Å². The van der Waals surface area contributed by atoms with E-state index in [0.717, 1.165) is 18.4 Å². The molecule has 0 bridgehead atoms. The Hall–Kier alpha value is -1.39. The first kappa shape index (κ1) is 16.0. The molecule has 1 aliphatic carbocycles. The van der Waals surface area contributed by atoms with Gasteiger partial charge in [0.05, 0.1) is 4.90 Å². The molecule has 0 spiro atoms. The number of sulfonamides is 1. The largest absolute Gasteiger partial charge is 0.243 e. The van der Waals surface area contributed by atoms with Crippen LogP contribution in [-0.4, -0.2) is 25.8 Å². The molecule has 0 aliphatic heterocycles. The van der Waals surface area contributed by atoms with Gasteiger partial charge < -0.3 is 0 Å². The van der Waals surface area contributed by atoms with Crippen LogP contribution in [0.25, 0.3) is 0 Å². The summed E-state index contributed by atoms with van der Waals surface area (Å²) in [4.78, 5) is 0.358. The Bertz CT molecular complexity index is 613. The number of aryl methyl sites for hydroxylation is 1. The van der Waals surface area contributed by atoms with Crippen molar-refractivity contribution < 1.29 is 8.42 Å². The lowest BCUT2D eigenvalue weighted by molar-refractivity contribution is 0.367. The van der Waals surface area contributed by atoms with E-state index < -0.39 is 10.0 Å². The Balaban J connectivity index is 2.27. The average molecular weight is 305 g/mol. The average Bonchev–Trinajstić information content (AvgIpc) is 3.24. The Morgan fingerprint density at radius 1 is 1.24 bits per heavy atom. The first-order valence-corrected chi connectivity index (χ1v) is 8.69. The Labute approximate surface area is 128 Å². The van der Waals surface area contributed by atoms with Crippen LogP contribution in [0.15, 0.2) is 54.5 Å². The van der Waals surface area contributed by atoms with Crippen LogP contribution in [0.3, 0.4) is 0 Å². The van der Waals surface area contributed by atoms with Gasteiger partial charge in [0, 0.05) is 18.5 Å². The third-order valence-electron chi connectivity index (χ3n) is 4.06. The molecular weight excluding hydrogens is 282 g/mol. The Morgan fingerprint density at radius 3 is 2.33 bits per heavy atom. The van der Waals surface area contributed by atoms with Crippen molar-refractivity contribution in [1.29, 1.82) is 0 Å². The first-order chi connectivity index (χ1) is 9.93. The van der Waals surface area contributed by atoms with Crippen LogP contribution in [0.4, 0.5) is 0 Å². The van der Waals surface area contributed by atoms with Crippen LogP contribution in [0.1, 0.15) is 24.8 Å². The molecule has 0 radical (unpaired) electrons. The summed E-state index contributed by atoms with van der Waals surface area (Å²) in [7, 11) is -3.46. The second-order valence-corrected chi connectivity index (χ2v) is 7.73. The SMILES string of the molecule is C=CCCN(CC1(C=C)CC1)S(=O)(=O)c1ccc(C)cc1. The van der Waals surface area contributed by atoms with Crippen LogP contribution in [-0.2, 0) is 10.0 Å². The van der Waals surface area contributed by atoms with Gasteiger partial charge in [0.25, 0.3) is 0 Å². The molecule has 1 aromatic carbocycles. The van der Waals surface area contributed by atoms with E-state index in [0.29, 0.717) is 24.4 Å². The maximum absolute atomic E-state index is 12.8. The minimum Gasteiger partial charge on any atom is -0.207 e. The minimum absolute atomic E-state index is 0.0288. The molecule has 0 heterocycles. The molecule has 2 rings (SSSR count). The smallest absolute Gasteiger partial charge is 0.207 e. The molecule has 0 unspecified atom stereocenters. The lowest BCUT2D eigenvalue weighted by Gasteiger charge is -2.25. The molecule has 114 valence electrons. The number of hydrogen-bond acceptors (Lipinski definition) is 2. The van der Waals surface area contributed by atoms with Gasteiger partial charge in [-0.2, -0.15) is 4.31 Å². The fourth-order valence-corrected chi connectivity index (χ4v) is 3.87. The topological polar surface area (TPSA) is 37.4 Å². The van der Waals surface area contributed by atoms with E-state index in [-0.39, 0.29) is 5.41 Å². The van der Waals surface area contributed by atoms with Crippen LogP contribution in [0.5, 0.6) is 0 Å². The van der Waals surface area contributed by atoms with Gasteiger partial charge in [0.15, 0.2) is 0 Å². The van der Waals surface area contributed by atoms with Gasteiger partial charge in [-0.1, -0.05) is 29.8 Å². The number of hydrogen-bond donors (Lipinski definition) is 0. The lowest BCUT2D eigenvalue weighted by Crippen LogP contribution is -2.36. The maximum atomic E-state index is 12.8. The maximum Gasteiger partial charge on any atom is 0.243 e. The molecule has 1 fully saturated rings. The number of benzene rings is 1. The summed E-state index contributed by atoms with van der Waals surface area (Å²) in [5.41, 5.74) is 1.02. The molecule has 21 heavy (non-hydrogen) atoms. The van der Waals surface area contributed by atoms with Gasteiger partial charge in [0.1, 0.15) is 0 Å². The molecule has 1 aliphatic rings. The summed E-state index contributed by atoms with van der Waals surface area (Å²) >= 11 is 0. The molecule has 0 N–H and O–H groups in total. The van der Waals surface area contributed by atoms with E-state index in [1.165, 1.54) is 0 Å². The number of nitrogens with zero attached hydrogens (tertiary/aromatic N) is 1. The predicted molar refractivity (Wildman–Crippen MR) is 86.6 cm³/mol. The van der Waals surface area contributed by atoms with Gasteiger partial charge in [-0.15, -0.1) is 13.2 Å². The van der Waals surface area contributed by atoms with Gasteiger partial charge >= 0.3 is 0 Å². The van der Waals surface area contributed by atoms with E-state index in [1.54, 1.807) is 22.5 Å². The Morgan fingerprint density at radius 2 is 1.86 bits per heavy atom. The van der Waals surface area contributed by atoms with E-state index in [2.05, 4.69) is 13.2 Å². The summed E-state index contributed by atoms with van der Waals surface area (Å²) in [6, 6.07) is 7.02. The highest BCUT2D eigenvalue weighted by atomic mass is 32.2. The highest BCUT2D eigenvalue weighted by molar-refractivity contribution is 7.89. The summed E-state index contributed by atoms with van der Waals surface area (Å²) in [5, 5.41) is 0. The van der Waals surface area contributed by atoms with Crippen molar-refractivity contribution in [1.82, 2.24) is 4.31 Å². The zero-order valence-corrected chi connectivity index (χ0v) is 13.4. The van der Waals surface area contributed by atoms with Crippen LogP contribution in [0, 0.1) is 12.3 Å². The van der Waals surface area contributed by atoms with Crippen molar-refractivity contribution in [2.45, 2.75) is 31.1 Å². The van der Waals surface area contributed by atoms with E-state index >= 15 is 0 Å². The lowest BCUT2D eigenvalue weighted by atomic mass is 10.1. The van der Waals surface area contributed by atoms with E-state index in [1.807, 2.05) is 25.1 Å². The van der Waals surface area contributed by atoms with Crippen molar-refractivity contribution in [3.05, 3.63) is 55.1 Å². The Kier molecular flexibility index (Phi) is 4.69. The summed E-state index contributed by atoms with van der Waals surface area (Å²) in [5.74, 6) is 0. The first-order valence-electron chi connectivity index (χ1n) is 7.25. The fourth-order valence-electron chi connectivity index (χ4n) is 2.32. The molecule has 1 aromatic rings. The quantitative estimate of drug-likeness (QED) is 0.689. The van der Waals surface area contributed by atoms with Crippen LogP contribution < -0.4 is 0 Å². The van der Waals surface area contributed by atoms with Crippen molar-refractivity contribution >= 4 is 10.0 Å². The van der Waals surface area contributed by atoms with Crippen molar-refractivity contribution in [3.8, 4) is 0 Å². The zero-order chi connectivity index (χ0) is 15.5. The van der Waals surface area contributed by atoms with Crippen LogP contribution >= 0.6 is 0 Å². The van der Waals surface area contributed by atoms with Crippen molar-refractivity contribution in [2.75, 3.05) is 13.1 Å². The van der Waals surface area contributed by atoms with Crippen LogP contribution in [0.2, 0.25) is 0 Å². The standard InChI is InChI=1S/C17H23NO2S/c1-4-6-13-18(14-17(5-2)11-12-17)21(19,20)16-9-7-15(3)8-10-16/h4-5,7-10H,1-2,6,11-14H2,3H3. The van der Waals surface area contributed by atoms with Gasteiger partial charge in [-0.05, 0) is 38.3 Å². The second kappa shape index (κ2) is 6.16. The summed E-state index contributed by atoms with van der Waals surface area (Å²) in [6.45, 7) is 10.5. The number of rotatable bonds is 8. The van der Waals surface area contributed by atoms with E-state index in [4.69, 9.17) is 0 Å². The minimum atomic E-state index is -3.46. The molecular formula is C17H23NO2S. The zero-order valence-electron chi connectivity index (χ0n) is 12.6. The fraction of sp³-hybridized carbons (Fsp3) is 0.412. The van der Waals surface area contributed by atoms with Gasteiger partial charge in [-0.25, -0.2) is 8.42 Å². The van der Waals surface area contributed by atoms with Gasteiger partial charge in [0.2, 0.25) is 10.0 Å². The van der Waals surface area contributed by atoms with Gasteiger partial charge in [-0.3, -0.25) is 0 Å². The molecule has 0 aromatic heterocycles. The van der Waals surface area contributed by atoms with E-state index in [9.17, 15) is 8.42 Å². The summed E-state index contributed by atoms with van der Waals surface area (Å²) in [6.07, 6.45) is 6.34. The third kappa shape index (κ3) is 3.63. The van der Waals surface area contributed by atoms with Crippen molar-refractivity contribution in [3.63, 3.8) is 0 Å². The molecule has 0 amide bonds. The molecule has 0 atom stereocenters. The highest BCUT2D eigenvalue weighted by Gasteiger charge is 2.43.